The maximum absolute atomic E-state index is 13.1. The molecular weight excluding hydrogens is 386 g/mol. The Morgan fingerprint density at radius 3 is 2.23 bits per heavy atom. The average molecular weight is 422 g/mol. The van der Waals surface area contributed by atoms with Crippen molar-refractivity contribution in [1.82, 2.24) is 15.5 Å². The maximum Gasteiger partial charge on any atom is 0.408 e. The molecule has 8 heteroatoms. The van der Waals surface area contributed by atoms with E-state index in [0.717, 1.165) is 0 Å². The lowest BCUT2D eigenvalue weighted by Crippen LogP contribution is -2.51. The van der Waals surface area contributed by atoms with Crippen LogP contribution in [-0.2, 0) is 14.3 Å². The molecule has 0 aliphatic carbocycles. The van der Waals surface area contributed by atoms with Crippen molar-refractivity contribution in [2.75, 3.05) is 13.1 Å². The van der Waals surface area contributed by atoms with Crippen LogP contribution in [0.1, 0.15) is 65.6 Å². The Labute approximate surface area is 179 Å². The number of alkyl carbamates (subject to hydrolysis) is 1. The van der Waals surface area contributed by atoms with Crippen LogP contribution in [0.5, 0.6) is 5.75 Å². The van der Waals surface area contributed by atoms with Crippen molar-refractivity contribution in [1.29, 1.82) is 0 Å². The van der Waals surface area contributed by atoms with Gasteiger partial charge in [0.25, 0.3) is 0 Å². The number of hydrogen-bond acceptors (Lipinski definition) is 5. The highest BCUT2D eigenvalue weighted by atomic mass is 16.6. The summed E-state index contributed by atoms with van der Waals surface area (Å²) in [6.45, 7) is 14.0. The minimum Gasteiger partial charge on any atom is -0.507 e. The predicted octanol–water partition coefficient (Wildman–Crippen LogP) is 3.03. The molecule has 0 heterocycles. The number of carbonyl (C=O) groups excluding carboxylic acids is 3. The van der Waals surface area contributed by atoms with Gasteiger partial charge in [-0.25, -0.2) is 4.79 Å². The summed E-state index contributed by atoms with van der Waals surface area (Å²) in [7, 11) is 0. The largest absolute Gasteiger partial charge is 0.507 e. The smallest absolute Gasteiger partial charge is 0.408 e. The molecular formula is C22H35N3O5. The Morgan fingerprint density at radius 1 is 1.13 bits per heavy atom. The van der Waals surface area contributed by atoms with Crippen LogP contribution in [0.3, 0.4) is 0 Å². The van der Waals surface area contributed by atoms with Crippen molar-refractivity contribution in [3.05, 3.63) is 29.3 Å². The quantitative estimate of drug-likeness (QED) is 0.654. The molecule has 30 heavy (non-hydrogen) atoms. The summed E-state index contributed by atoms with van der Waals surface area (Å²) in [6, 6.07) is 4.01. The fourth-order valence-corrected chi connectivity index (χ4v) is 2.86. The lowest BCUT2D eigenvalue weighted by molar-refractivity contribution is -0.140. The van der Waals surface area contributed by atoms with Crippen LogP contribution >= 0.6 is 0 Å². The van der Waals surface area contributed by atoms with Crippen molar-refractivity contribution in [3.63, 3.8) is 0 Å². The van der Waals surface area contributed by atoms with E-state index in [2.05, 4.69) is 10.6 Å². The molecule has 0 spiro atoms. The molecule has 1 rings (SSSR count). The number of phenolic OH excluding ortho intramolecular Hbond substituents is 1. The van der Waals surface area contributed by atoms with Crippen LogP contribution in [0, 0.1) is 6.92 Å². The van der Waals surface area contributed by atoms with Gasteiger partial charge in [-0.15, -0.1) is 0 Å². The van der Waals surface area contributed by atoms with Gasteiger partial charge in [0.1, 0.15) is 23.9 Å². The Bertz CT molecular complexity index is 778. The van der Waals surface area contributed by atoms with Crippen molar-refractivity contribution in [2.45, 2.75) is 72.6 Å². The summed E-state index contributed by atoms with van der Waals surface area (Å²) in [5.41, 5.74) is -0.313. The van der Waals surface area contributed by atoms with Gasteiger partial charge in [0, 0.05) is 17.6 Å². The third-order valence-corrected chi connectivity index (χ3v) is 4.07. The lowest BCUT2D eigenvalue weighted by Gasteiger charge is -2.33. The first-order chi connectivity index (χ1) is 13.7. The normalized spacial score (nSPS) is 12.7. The van der Waals surface area contributed by atoms with Crippen LogP contribution in [0.2, 0.25) is 0 Å². The summed E-state index contributed by atoms with van der Waals surface area (Å²) in [4.78, 5) is 39.3. The number of amides is 3. The molecule has 3 N–H and O–H groups in total. The molecule has 0 saturated carbocycles. The first-order valence-electron chi connectivity index (χ1n) is 10.0. The molecule has 0 radical (unpaired) electrons. The van der Waals surface area contributed by atoms with E-state index in [1.807, 2.05) is 20.8 Å². The number of para-hydroxylation sites is 1. The van der Waals surface area contributed by atoms with Gasteiger partial charge in [0.15, 0.2) is 0 Å². The third kappa shape index (κ3) is 7.57. The number of aromatic hydroxyl groups is 1. The second-order valence-corrected chi connectivity index (χ2v) is 9.19. The molecule has 0 fully saturated rings. The van der Waals surface area contributed by atoms with E-state index in [1.54, 1.807) is 52.8 Å². The first kappa shape index (κ1) is 25.3. The van der Waals surface area contributed by atoms with Gasteiger partial charge in [-0.2, -0.15) is 0 Å². The number of carbonyl (C=O) groups is 3. The van der Waals surface area contributed by atoms with E-state index in [0.29, 0.717) is 11.1 Å². The number of rotatable bonds is 6. The number of benzene rings is 1. The van der Waals surface area contributed by atoms with E-state index >= 15 is 0 Å². The van der Waals surface area contributed by atoms with Crippen LogP contribution in [-0.4, -0.2) is 52.1 Å². The van der Waals surface area contributed by atoms with Crippen molar-refractivity contribution >= 4 is 17.9 Å². The van der Waals surface area contributed by atoms with E-state index in [9.17, 15) is 19.5 Å². The monoisotopic (exact) mass is 421 g/mol. The SMILES string of the molecule is CCN(C(=O)CNC(=O)OC(C)(C)C)C(C(=O)NC(C)(C)C)c1cccc(C)c1O. The molecule has 0 bridgehead atoms. The maximum atomic E-state index is 13.1. The van der Waals surface area contributed by atoms with E-state index < -0.39 is 35.1 Å². The zero-order valence-corrected chi connectivity index (χ0v) is 19.3. The predicted molar refractivity (Wildman–Crippen MR) is 115 cm³/mol. The lowest BCUT2D eigenvalue weighted by atomic mass is 9.98. The van der Waals surface area contributed by atoms with Gasteiger partial charge >= 0.3 is 6.09 Å². The van der Waals surface area contributed by atoms with E-state index in [-0.39, 0.29) is 18.8 Å². The van der Waals surface area contributed by atoms with Crippen molar-refractivity contribution in [3.8, 4) is 5.75 Å². The molecule has 0 aromatic heterocycles. The fraction of sp³-hybridized carbons (Fsp3) is 0.591. The van der Waals surface area contributed by atoms with Crippen LogP contribution in [0.15, 0.2) is 18.2 Å². The number of aryl methyl sites for hydroxylation is 1. The molecule has 0 aliphatic heterocycles. The van der Waals surface area contributed by atoms with Crippen LogP contribution in [0.25, 0.3) is 0 Å². The van der Waals surface area contributed by atoms with Crippen LogP contribution in [0.4, 0.5) is 4.79 Å². The minimum atomic E-state index is -1.05. The van der Waals surface area contributed by atoms with Gasteiger partial charge in [-0.3, -0.25) is 9.59 Å². The summed E-state index contributed by atoms with van der Waals surface area (Å²) in [6.07, 6.45) is -0.721. The van der Waals surface area contributed by atoms with E-state index in [4.69, 9.17) is 4.74 Å². The molecule has 1 aromatic carbocycles. The highest BCUT2D eigenvalue weighted by Crippen LogP contribution is 2.32. The van der Waals surface area contributed by atoms with Crippen LogP contribution < -0.4 is 10.6 Å². The van der Waals surface area contributed by atoms with E-state index in [1.165, 1.54) is 4.90 Å². The summed E-state index contributed by atoms with van der Waals surface area (Å²) in [5, 5.41) is 15.9. The number of phenols is 1. The summed E-state index contributed by atoms with van der Waals surface area (Å²) < 4.78 is 5.15. The Kier molecular flexibility index (Phi) is 8.27. The average Bonchev–Trinajstić information content (AvgIpc) is 2.57. The molecule has 1 unspecified atom stereocenters. The zero-order chi connectivity index (χ0) is 23.3. The number of nitrogens with one attached hydrogen (secondary N) is 2. The topological polar surface area (TPSA) is 108 Å². The van der Waals surface area contributed by atoms with Crippen molar-refractivity contribution < 1.29 is 24.2 Å². The Balaban J connectivity index is 3.19. The first-order valence-corrected chi connectivity index (χ1v) is 10.0. The zero-order valence-electron chi connectivity index (χ0n) is 19.3. The number of ether oxygens (including phenoxy) is 1. The van der Waals surface area contributed by atoms with Gasteiger partial charge < -0.3 is 25.4 Å². The van der Waals surface area contributed by atoms with Gasteiger partial charge in [-0.05, 0) is 61.0 Å². The Hall–Kier alpha value is -2.77. The molecule has 3 amide bonds. The fourth-order valence-electron chi connectivity index (χ4n) is 2.86. The summed E-state index contributed by atoms with van der Waals surface area (Å²) in [5.74, 6) is -0.938. The second-order valence-electron chi connectivity index (χ2n) is 9.19. The van der Waals surface area contributed by atoms with Gasteiger partial charge in [0.05, 0.1) is 0 Å². The minimum absolute atomic E-state index is 0.0436. The number of hydrogen-bond donors (Lipinski definition) is 3. The molecule has 8 nitrogen and oxygen atoms in total. The standard InChI is InChI=1S/C22H35N3O5/c1-9-25(16(26)13-23-20(29)30-22(6,7)8)17(19(28)24-21(3,4)5)15-12-10-11-14(2)18(15)27/h10-12,17,27H,9,13H2,1-8H3,(H,23,29)(H,24,28). The third-order valence-electron chi connectivity index (χ3n) is 4.07. The molecule has 168 valence electrons. The Morgan fingerprint density at radius 2 is 1.73 bits per heavy atom. The highest BCUT2D eigenvalue weighted by Gasteiger charge is 2.34. The number of nitrogens with zero attached hydrogens (tertiary/aromatic N) is 1. The molecule has 1 aromatic rings. The molecule has 0 saturated heterocycles. The molecule has 0 aliphatic rings. The van der Waals surface area contributed by atoms with Gasteiger partial charge in [-0.1, -0.05) is 18.2 Å². The van der Waals surface area contributed by atoms with Gasteiger partial charge in [0.2, 0.25) is 11.8 Å². The van der Waals surface area contributed by atoms with Crippen molar-refractivity contribution in [2.24, 2.45) is 0 Å². The molecule has 1 atom stereocenters. The second kappa shape index (κ2) is 9.82. The highest BCUT2D eigenvalue weighted by molar-refractivity contribution is 5.91. The number of likely N-dealkylation sites (N-methyl/N-ethyl adjacent to an activating group) is 1. The summed E-state index contributed by atoms with van der Waals surface area (Å²) >= 11 is 0.